The molecule has 0 amide bonds. The molecule has 0 aromatic heterocycles. The zero-order valence-electron chi connectivity index (χ0n) is 14.9. The quantitative estimate of drug-likeness (QED) is 0.836. The van der Waals surface area contributed by atoms with E-state index in [9.17, 15) is 8.42 Å². The summed E-state index contributed by atoms with van der Waals surface area (Å²) in [6, 6.07) is 8.67. The van der Waals surface area contributed by atoms with Crippen molar-refractivity contribution in [2.75, 3.05) is 33.2 Å². The van der Waals surface area contributed by atoms with Crippen molar-refractivity contribution in [2.24, 2.45) is 0 Å². The molecule has 0 aliphatic carbocycles. The monoisotopic (exact) mass is 375 g/mol. The Hall–Kier alpha value is -2.67. The lowest BCUT2D eigenvalue weighted by atomic mass is 10.1. The fourth-order valence-electron chi connectivity index (χ4n) is 2.99. The fourth-order valence-corrected chi connectivity index (χ4v) is 4.02. The SMILES string of the molecule is COc1cc(S(=O)(=O)C=Cc2cccc3c2CCN3)cc(OC)c1OC. The molecule has 0 fully saturated rings. The van der Waals surface area contributed by atoms with Gasteiger partial charge in [-0.1, -0.05) is 12.1 Å². The van der Waals surface area contributed by atoms with Crippen LogP contribution in [0.3, 0.4) is 0 Å². The van der Waals surface area contributed by atoms with Gasteiger partial charge < -0.3 is 19.5 Å². The molecule has 1 aliphatic rings. The van der Waals surface area contributed by atoms with Crippen LogP contribution in [0.4, 0.5) is 5.69 Å². The minimum atomic E-state index is -3.68. The third kappa shape index (κ3) is 3.35. The number of ether oxygens (including phenoxy) is 3. The Balaban J connectivity index is 2.00. The Kier molecular flexibility index (Phi) is 5.08. The number of fused-ring (bicyclic) bond motifs is 1. The van der Waals surface area contributed by atoms with E-state index in [0.717, 1.165) is 29.8 Å². The number of methoxy groups -OCH3 is 3. The summed E-state index contributed by atoms with van der Waals surface area (Å²) < 4.78 is 41.3. The zero-order valence-corrected chi connectivity index (χ0v) is 15.7. The summed E-state index contributed by atoms with van der Waals surface area (Å²) in [4.78, 5) is 0.0777. The van der Waals surface area contributed by atoms with Crippen LogP contribution in [-0.4, -0.2) is 36.3 Å². The highest BCUT2D eigenvalue weighted by Crippen LogP contribution is 2.40. The molecule has 2 aromatic rings. The Morgan fingerprint density at radius 3 is 2.35 bits per heavy atom. The maximum atomic E-state index is 12.8. The number of rotatable bonds is 6. The van der Waals surface area contributed by atoms with Gasteiger partial charge in [-0.05, 0) is 29.7 Å². The minimum absolute atomic E-state index is 0.0777. The topological polar surface area (TPSA) is 73.9 Å². The number of hydrogen-bond acceptors (Lipinski definition) is 6. The summed E-state index contributed by atoms with van der Waals surface area (Å²) in [7, 11) is 0.685. The molecule has 0 radical (unpaired) electrons. The number of sulfone groups is 1. The van der Waals surface area contributed by atoms with Gasteiger partial charge in [0, 0.05) is 29.8 Å². The van der Waals surface area contributed by atoms with E-state index in [0.29, 0.717) is 17.2 Å². The summed E-state index contributed by atoms with van der Waals surface area (Å²) in [6.45, 7) is 0.861. The van der Waals surface area contributed by atoms with Gasteiger partial charge in [0.05, 0.1) is 26.2 Å². The van der Waals surface area contributed by atoms with Crippen LogP contribution in [0.5, 0.6) is 17.2 Å². The average molecular weight is 375 g/mol. The number of benzene rings is 2. The lowest BCUT2D eigenvalue weighted by molar-refractivity contribution is 0.323. The first-order valence-electron chi connectivity index (χ1n) is 8.09. The van der Waals surface area contributed by atoms with E-state index in [1.54, 1.807) is 6.08 Å². The molecule has 2 aromatic carbocycles. The number of nitrogens with one attached hydrogen (secondary N) is 1. The van der Waals surface area contributed by atoms with Gasteiger partial charge in [0.25, 0.3) is 0 Å². The van der Waals surface area contributed by atoms with E-state index >= 15 is 0 Å². The Morgan fingerprint density at radius 1 is 1.04 bits per heavy atom. The minimum Gasteiger partial charge on any atom is -0.493 e. The Bertz CT molecular complexity index is 925. The van der Waals surface area contributed by atoms with Crippen LogP contribution in [-0.2, 0) is 16.3 Å². The van der Waals surface area contributed by atoms with E-state index in [-0.39, 0.29) is 4.90 Å². The van der Waals surface area contributed by atoms with Crippen LogP contribution < -0.4 is 19.5 Å². The van der Waals surface area contributed by atoms with Gasteiger partial charge in [0.15, 0.2) is 21.3 Å². The predicted octanol–water partition coefficient (Wildman–Crippen LogP) is 3.13. The standard InChI is InChI=1S/C19H21NO5S/c1-23-17-11-14(12-18(24-2)19(17)25-3)26(21,22)10-8-13-5-4-6-16-15(13)7-9-20-16/h4-6,8,10-12,20H,7,9H2,1-3H3. The molecule has 0 atom stereocenters. The van der Waals surface area contributed by atoms with Crippen molar-refractivity contribution in [2.45, 2.75) is 11.3 Å². The second-order valence-corrected chi connectivity index (χ2v) is 7.59. The smallest absolute Gasteiger partial charge is 0.203 e. The van der Waals surface area contributed by atoms with Crippen molar-refractivity contribution in [1.29, 1.82) is 0 Å². The van der Waals surface area contributed by atoms with Crippen LogP contribution in [0.2, 0.25) is 0 Å². The van der Waals surface area contributed by atoms with Crippen LogP contribution >= 0.6 is 0 Å². The summed E-state index contributed by atoms with van der Waals surface area (Å²) in [6.07, 6.45) is 2.50. The van der Waals surface area contributed by atoms with E-state index in [1.165, 1.54) is 38.9 Å². The molecule has 138 valence electrons. The normalized spacial score (nSPS) is 13.3. The first kappa shape index (κ1) is 18.1. The second-order valence-electron chi connectivity index (χ2n) is 5.76. The van der Waals surface area contributed by atoms with Gasteiger partial charge in [0.1, 0.15) is 0 Å². The van der Waals surface area contributed by atoms with Crippen molar-refractivity contribution >= 4 is 21.6 Å². The van der Waals surface area contributed by atoms with Crippen molar-refractivity contribution in [3.63, 3.8) is 0 Å². The van der Waals surface area contributed by atoms with Gasteiger partial charge in [-0.3, -0.25) is 0 Å². The third-order valence-corrected chi connectivity index (χ3v) is 5.68. The van der Waals surface area contributed by atoms with Crippen LogP contribution in [0.15, 0.2) is 40.6 Å². The molecular formula is C19H21NO5S. The molecule has 1 heterocycles. The maximum Gasteiger partial charge on any atom is 0.203 e. The van der Waals surface area contributed by atoms with E-state index in [1.807, 2.05) is 18.2 Å². The predicted molar refractivity (Wildman–Crippen MR) is 101 cm³/mol. The average Bonchev–Trinajstić information content (AvgIpc) is 3.14. The fraction of sp³-hybridized carbons (Fsp3) is 0.263. The van der Waals surface area contributed by atoms with Crippen molar-refractivity contribution in [3.8, 4) is 17.2 Å². The van der Waals surface area contributed by atoms with Gasteiger partial charge >= 0.3 is 0 Å². The molecule has 0 saturated carbocycles. The number of hydrogen-bond donors (Lipinski definition) is 1. The van der Waals surface area contributed by atoms with E-state index < -0.39 is 9.84 Å². The highest BCUT2D eigenvalue weighted by atomic mass is 32.2. The first-order valence-corrected chi connectivity index (χ1v) is 9.63. The van der Waals surface area contributed by atoms with Crippen LogP contribution in [0.1, 0.15) is 11.1 Å². The molecule has 7 heteroatoms. The highest BCUT2D eigenvalue weighted by molar-refractivity contribution is 7.94. The van der Waals surface area contributed by atoms with E-state index in [2.05, 4.69) is 5.32 Å². The molecule has 0 unspecified atom stereocenters. The molecular weight excluding hydrogens is 354 g/mol. The molecule has 0 saturated heterocycles. The van der Waals surface area contributed by atoms with Gasteiger partial charge in [-0.2, -0.15) is 0 Å². The second kappa shape index (κ2) is 7.29. The molecule has 26 heavy (non-hydrogen) atoms. The Labute approximate surface area is 153 Å². The molecule has 0 spiro atoms. The van der Waals surface area contributed by atoms with Gasteiger partial charge in [0.2, 0.25) is 5.75 Å². The zero-order chi connectivity index (χ0) is 18.7. The van der Waals surface area contributed by atoms with Crippen molar-refractivity contribution in [1.82, 2.24) is 0 Å². The summed E-state index contributed by atoms with van der Waals surface area (Å²) in [5.41, 5.74) is 3.07. The molecule has 3 rings (SSSR count). The molecule has 0 bridgehead atoms. The Morgan fingerprint density at radius 2 is 1.73 bits per heavy atom. The summed E-state index contributed by atoms with van der Waals surface area (Å²) >= 11 is 0. The molecule has 1 aliphatic heterocycles. The van der Waals surface area contributed by atoms with Gasteiger partial charge in [-0.25, -0.2) is 8.42 Å². The lowest BCUT2D eigenvalue weighted by Crippen LogP contribution is -2.01. The largest absolute Gasteiger partial charge is 0.493 e. The first-order chi connectivity index (χ1) is 12.5. The van der Waals surface area contributed by atoms with Crippen LogP contribution in [0, 0.1) is 0 Å². The van der Waals surface area contributed by atoms with Gasteiger partial charge in [-0.15, -0.1) is 0 Å². The number of anilines is 1. The molecule has 6 nitrogen and oxygen atoms in total. The maximum absolute atomic E-state index is 12.8. The van der Waals surface area contributed by atoms with Crippen LogP contribution in [0.25, 0.3) is 6.08 Å². The molecule has 1 N–H and O–H groups in total. The van der Waals surface area contributed by atoms with Crippen molar-refractivity contribution < 1.29 is 22.6 Å². The van der Waals surface area contributed by atoms with Crippen molar-refractivity contribution in [3.05, 3.63) is 46.9 Å². The summed E-state index contributed by atoms with van der Waals surface area (Å²) in [5.74, 6) is 0.942. The van der Waals surface area contributed by atoms with E-state index in [4.69, 9.17) is 14.2 Å². The third-order valence-electron chi connectivity index (χ3n) is 4.30. The summed E-state index contributed by atoms with van der Waals surface area (Å²) in [5, 5.41) is 4.49. The lowest BCUT2D eigenvalue weighted by Gasteiger charge is -2.13. The highest BCUT2D eigenvalue weighted by Gasteiger charge is 2.20.